The first-order chi connectivity index (χ1) is 5.29. The molecule has 3 nitrogen and oxygen atoms in total. The van der Waals surface area contributed by atoms with Crippen molar-refractivity contribution in [1.29, 1.82) is 0 Å². The summed E-state index contributed by atoms with van der Waals surface area (Å²) in [5, 5.41) is 0.950. The maximum absolute atomic E-state index is 5.76. The van der Waals surface area contributed by atoms with Crippen LogP contribution >= 0.6 is 23.2 Å². The van der Waals surface area contributed by atoms with Gasteiger partial charge in [0, 0.05) is 6.20 Å². The fourth-order valence-electron chi connectivity index (χ4n) is 0.877. The van der Waals surface area contributed by atoms with Crippen LogP contribution in [-0.4, -0.2) is 15.0 Å². The van der Waals surface area contributed by atoms with Crippen LogP contribution in [-0.2, 0) is 0 Å². The molecule has 0 saturated carbocycles. The second-order valence-electron chi connectivity index (χ2n) is 2.02. The number of fused-ring (bicyclic) bond motifs is 1. The highest BCUT2D eigenvalue weighted by Gasteiger charge is 2.05. The summed E-state index contributed by atoms with van der Waals surface area (Å²) < 4.78 is 0. The first kappa shape index (κ1) is 6.88. The first-order valence-corrected chi connectivity index (χ1v) is 3.67. The predicted octanol–water partition coefficient (Wildman–Crippen LogP) is 2.26. The second-order valence-corrected chi connectivity index (χ2v) is 2.79. The molecular formula is C6H3Cl2N3. The normalized spacial score (nSPS) is 10.7. The van der Waals surface area contributed by atoms with Crippen molar-refractivity contribution < 1.29 is 0 Å². The van der Waals surface area contributed by atoms with Crippen molar-refractivity contribution in [3.05, 3.63) is 22.7 Å². The Morgan fingerprint density at radius 1 is 1.27 bits per heavy atom. The van der Waals surface area contributed by atoms with Gasteiger partial charge < -0.3 is 4.98 Å². The van der Waals surface area contributed by atoms with Crippen LogP contribution in [0.15, 0.2) is 12.5 Å². The van der Waals surface area contributed by atoms with E-state index >= 15 is 0 Å². The summed E-state index contributed by atoms with van der Waals surface area (Å²) in [4.78, 5) is 10.6. The lowest BCUT2D eigenvalue weighted by Crippen LogP contribution is -1.79. The molecule has 1 N–H and O–H groups in total. The number of nitrogens with one attached hydrogen (secondary N) is 1. The third kappa shape index (κ3) is 0.968. The number of nitrogens with zero attached hydrogens (tertiary/aromatic N) is 2. The molecule has 0 spiro atoms. The van der Waals surface area contributed by atoms with Gasteiger partial charge in [-0.3, -0.25) is 0 Å². The molecule has 5 heteroatoms. The zero-order valence-corrected chi connectivity index (χ0v) is 6.82. The van der Waals surface area contributed by atoms with Gasteiger partial charge in [0.05, 0.1) is 5.02 Å². The highest BCUT2D eigenvalue weighted by molar-refractivity contribution is 6.38. The molecule has 2 rings (SSSR count). The summed E-state index contributed by atoms with van der Waals surface area (Å²) in [5.74, 6) is 0. The van der Waals surface area contributed by atoms with Crippen LogP contribution in [0.3, 0.4) is 0 Å². The summed E-state index contributed by atoms with van der Waals surface area (Å²) in [6.07, 6.45) is 3.01. The average molecular weight is 188 g/mol. The van der Waals surface area contributed by atoms with E-state index in [-0.39, 0.29) is 0 Å². The molecule has 0 bridgehead atoms. The zero-order valence-electron chi connectivity index (χ0n) is 5.31. The van der Waals surface area contributed by atoms with Crippen LogP contribution in [0, 0.1) is 0 Å². The Balaban J connectivity index is 2.94. The Morgan fingerprint density at radius 3 is 2.82 bits per heavy atom. The van der Waals surface area contributed by atoms with Crippen molar-refractivity contribution in [2.45, 2.75) is 0 Å². The van der Waals surface area contributed by atoms with Crippen molar-refractivity contribution in [2.75, 3.05) is 0 Å². The van der Waals surface area contributed by atoms with Crippen molar-refractivity contribution in [3.63, 3.8) is 0 Å². The lowest BCUT2D eigenvalue weighted by Gasteiger charge is -1.89. The van der Waals surface area contributed by atoms with Gasteiger partial charge in [-0.2, -0.15) is 0 Å². The van der Waals surface area contributed by atoms with Gasteiger partial charge in [-0.15, -0.1) is 0 Å². The lowest BCUT2D eigenvalue weighted by atomic mass is 10.5. The lowest BCUT2D eigenvalue weighted by molar-refractivity contribution is 1.22. The number of H-pyrrole nitrogens is 1. The first-order valence-electron chi connectivity index (χ1n) is 2.92. The molecule has 0 fully saturated rings. The van der Waals surface area contributed by atoms with Gasteiger partial charge in [0.2, 0.25) is 0 Å². The Morgan fingerprint density at radius 2 is 2.09 bits per heavy atom. The molecule has 0 unspecified atom stereocenters. The molecule has 0 aliphatic heterocycles. The Bertz CT molecular complexity index is 396. The van der Waals surface area contributed by atoms with E-state index in [1.165, 1.54) is 6.33 Å². The number of aromatic amines is 1. The molecule has 0 aliphatic rings. The van der Waals surface area contributed by atoms with E-state index in [0.29, 0.717) is 21.2 Å². The quantitative estimate of drug-likeness (QED) is 0.644. The minimum absolute atomic E-state index is 0.391. The molecule has 0 saturated heterocycles. The number of hydrogen-bond donors (Lipinski definition) is 1. The van der Waals surface area contributed by atoms with E-state index in [1.807, 2.05) is 0 Å². The topological polar surface area (TPSA) is 41.6 Å². The second kappa shape index (κ2) is 2.36. The number of halogens is 2. The fourth-order valence-corrected chi connectivity index (χ4v) is 1.26. The van der Waals surface area contributed by atoms with Gasteiger partial charge in [-0.25, -0.2) is 9.97 Å². The summed E-state index contributed by atoms with van der Waals surface area (Å²) in [7, 11) is 0. The van der Waals surface area contributed by atoms with Crippen molar-refractivity contribution in [2.24, 2.45) is 0 Å². The fraction of sp³-hybridized carbons (Fsp3) is 0. The minimum Gasteiger partial charge on any atom is -0.356 e. The predicted molar refractivity (Wildman–Crippen MR) is 43.9 cm³/mol. The van der Waals surface area contributed by atoms with Crippen LogP contribution in [0.1, 0.15) is 0 Å². The van der Waals surface area contributed by atoms with E-state index < -0.39 is 0 Å². The molecule has 2 heterocycles. The summed E-state index contributed by atoms with van der Waals surface area (Å²) in [6.45, 7) is 0. The monoisotopic (exact) mass is 187 g/mol. The molecular weight excluding hydrogens is 185 g/mol. The number of hydrogen-bond acceptors (Lipinski definition) is 2. The largest absolute Gasteiger partial charge is 0.356 e. The number of aromatic nitrogens is 3. The van der Waals surface area contributed by atoms with E-state index in [0.717, 1.165) is 0 Å². The molecule has 11 heavy (non-hydrogen) atoms. The Labute approximate surface area is 72.4 Å². The van der Waals surface area contributed by atoms with Gasteiger partial charge in [0.1, 0.15) is 17.4 Å². The van der Waals surface area contributed by atoms with Gasteiger partial charge >= 0.3 is 0 Å². The molecule has 0 atom stereocenters. The molecule has 0 radical (unpaired) electrons. The Kier molecular flexibility index (Phi) is 1.47. The molecule has 0 aliphatic carbocycles. The van der Waals surface area contributed by atoms with Crippen molar-refractivity contribution in [3.8, 4) is 0 Å². The van der Waals surface area contributed by atoms with Crippen molar-refractivity contribution in [1.82, 2.24) is 15.0 Å². The van der Waals surface area contributed by atoms with Gasteiger partial charge in [0.15, 0.2) is 5.15 Å². The van der Waals surface area contributed by atoms with Crippen LogP contribution < -0.4 is 0 Å². The SMILES string of the molecule is Clc1c[nH]c2c(Cl)ncnc12. The van der Waals surface area contributed by atoms with Gasteiger partial charge in [-0.1, -0.05) is 23.2 Å². The van der Waals surface area contributed by atoms with Crippen molar-refractivity contribution >= 4 is 34.2 Å². The van der Waals surface area contributed by atoms with Gasteiger partial charge in [-0.05, 0) is 0 Å². The summed E-state index contributed by atoms with van der Waals surface area (Å²) >= 11 is 11.5. The van der Waals surface area contributed by atoms with Crippen LogP contribution in [0.5, 0.6) is 0 Å². The smallest absolute Gasteiger partial charge is 0.156 e. The third-order valence-electron chi connectivity index (χ3n) is 1.37. The van der Waals surface area contributed by atoms with Gasteiger partial charge in [0.25, 0.3) is 0 Å². The molecule has 2 aromatic rings. The maximum Gasteiger partial charge on any atom is 0.156 e. The minimum atomic E-state index is 0.391. The van der Waals surface area contributed by atoms with E-state index in [9.17, 15) is 0 Å². The highest BCUT2D eigenvalue weighted by atomic mass is 35.5. The average Bonchev–Trinajstić information content (AvgIpc) is 2.35. The molecule has 2 aromatic heterocycles. The van der Waals surface area contributed by atoms with Crippen LogP contribution in [0.25, 0.3) is 11.0 Å². The van der Waals surface area contributed by atoms with E-state index in [2.05, 4.69) is 15.0 Å². The standard InChI is InChI=1S/C6H3Cl2N3/c7-3-1-9-5-4(3)10-2-11-6(5)8/h1-2,9H. The van der Waals surface area contributed by atoms with Crippen LogP contribution in [0.4, 0.5) is 0 Å². The van der Waals surface area contributed by atoms with E-state index in [1.54, 1.807) is 6.20 Å². The Hall–Kier alpha value is -0.800. The van der Waals surface area contributed by atoms with E-state index in [4.69, 9.17) is 23.2 Å². The third-order valence-corrected chi connectivity index (χ3v) is 1.95. The maximum atomic E-state index is 5.76. The summed E-state index contributed by atoms with van der Waals surface area (Å²) in [5.41, 5.74) is 1.34. The molecule has 0 amide bonds. The molecule has 56 valence electrons. The summed E-state index contributed by atoms with van der Waals surface area (Å²) in [6, 6.07) is 0. The highest BCUT2D eigenvalue weighted by Crippen LogP contribution is 2.23. The van der Waals surface area contributed by atoms with Crippen LogP contribution in [0.2, 0.25) is 10.2 Å². The number of rotatable bonds is 0. The molecule has 0 aromatic carbocycles. The zero-order chi connectivity index (χ0) is 7.84.